The van der Waals surface area contributed by atoms with E-state index in [9.17, 15) is 8.42 Å². The number of rotatable bonds is 5. The SMILES string of the molecule is Cc1ccc(CCC2CCN(S(=O)(=O)N3CCCCC3)CC2)cc1. The summed E-state index contributed by atoms with van der Waals surface area (Å²) >= 11 is 0. The van der Waals surface area contributed by atoms with Crippen LogP contribution in [-0.4, -0.2) is 43.2 Å². The standard InChI is InChI=1S/C19H30N2O2S/c1-17-5-7-18(8-6-17)9-10-19-11-15-21(16-12-19)24(22,23)20-13-3-2-4-14-20/h5-8,19H,2-4,9-16H2,1H3. The Hall–Kier alpha value is -0.910. The number of aryl methyl sites for hydroxylation is 2. The van der Waals surface area contributed by atoms with E-state index in [1.807, 2.05) is 0 Å². The topological polar surface area (TPSA) is 40.6 Å². The molecule has 1 aromatic rings. The third-order valence-electron chi connectivity index (χ3n) is 5.50. The van der Waals surface area contributed by atoms with Crippen molar-refractivity contribution in [1.82, 2.24) is 8.61 Å². The first kappa shape index (κ1) is 17.9. The van der Waals surface area contributed by atoms with Gasteiger partial charge >= 0.3 is 0 Å². The van der Waals surface area contributed by atoms with Crippen LogP contribution in [0.2, 0.25) is 0 Å². The second-order valence-corrected chi connectivity index (χ2v) is 9.26. The second-order valence-electron chi connectivity index (χ2n) is 7.33. The fourth-order valence-corrected chi connectivity index (χ4v) is 5.53. The van der Waals surface area contributed by atoms with Gasteiger partial charge in [0.25, 0.3) is 10.2 Å². The van der Waals surface area contributed by atoms with Crippen LogP contribution in [0.3, 0.4) is 0 Å². The number of nitrogens with zero attached hydrogens (tertiary/aromatic N) is 2. The lowest BCUT2D eigenvalue weighted by molar-refractivity contribution is 0.238. The molecule has 0 saturated carbocycles. The van der Waals surface area contributed by atoms with Crippen LogP contribution in [0.4, 0.5) is 0 Å². The van der Waals surface area contributed by atoms with Crippen LogP contribution in [0.25, 0.3) is 0 Å². The molecule has 5 heteroatoms. The first-order chi connectivity index (χ1) is 11.6. The van der Waals surface area contributed by atoms with Crippen LogP contribution in [-0.2, 0) is 16.6 Å². The van der Waals surface area contributed by atoms with Gasteiger partial charge in [0.05, 0.1) is 0 Å². The number of benzene rings is 1. The molecule has 2 heterocycles. The van der Waals surface area contributed by atoms with E-state index in [-0.39, 0.29) is 0 Å². The molecule has 1 aromatic carbocycles. The molecule has 134 valence electrons. The molecule has 0 radical (unpaired) electrons. The maximum atomic E-state index is 12.7. The lowest BCUT2D eigenvalue weighted by Crippen LogP contribution is -2.48. The van der Waals surface area contributed by atoms with E-state index in [1.54, 1.807) is 8.61 Å². The minimum Gasteiger partial charge on any atom is -0.195 e. The molecule has 0 aromatic heterocycles. The van der Waals surface area contributed by atoms with Crippen LogP contribution < -0.4 is 0 Å². The van der Waals surface area contributed by atoms with E-state index in [2.05, 4.69) is 31.2 Å². The summed E-state index contributed by atoms with van der Waals surface area (Å²) in [5.74, 6) is 0.652. The number of hydrogen-bond acceptors (Lipinski definition) is 2. The summed E-state index contributed by atoms with van der Waals surface area (Å²) in [6.45, 7) is 4.91. The third kappa shape index (κ3) is 4.38. The Kier molecular flexibility index (Phi) is 5.95. The van der Waals surface area contributed by atoms with Gasteiger partial charge in [-0.15, -0.1) is 0 Å². The highest BCUT2D eigenvalue weighted by atomic mass is 32.2. The van der Waals surface area contributed by atoms with Crippen LogP contribution >= 0.6 is 0 Å². The van der Waals surface area contributed by atoms with E-state index in [1.165, 1.54) is 17.5 Å². The van der Waals surface area contributed by atoms with Gasteiger partial charge in [-0.3, -0.25) is 0 Å². The average Bonchev–Trinajstić information content (AvgIpc) is 2.62. The van der Waals surface area contributed by atoms with E-state index in [0.717, 1.165) is 38.5 Å². The zero-order chi connectivity index (χ0) is 17.0. The van der Waals surface area contributed by atoms with E-state index < -0.39 is 10.2 Å². The van der Waals surface area contributed by atoms with Gasteiger partial charge in [-0.25, -0.2) is 0 Å². The largest absolute Gasteiger partial charge is 0.281 e. The fourth-order valence-electron chi connectivity index (χ4n) is 3.81. The maximum Gasteiger partial charge on any atom is 0.281 e. The molecule has 2 aliphatic heterocycles. The van der Waals surface area contributed by atoms with Crippen molar-refractivity contribution in [1.29, 1.82) is 0 Å². The highest BCUT2D eigenvalue weighted by molar-refractivity contribution is 7.86. The summed E-state index contributed by atoms with van der Waals surface area (Å²) in [6.07, 6.45) is 7.44. The predicted molar refractivity (Wildman–Crippen MR) is 98.1 cm³/mol. The van der Waals surface area contributed by atoms with Crippen molar-refractivity contribution < 1.29 is 8.42 Å². The Balaban J connectivity index is 1.47. The second kappa shape index (κ2) is 7.98. The van der Waals surface area contributed by atoms with Crippen LogP contribution in [0.15, 0.2) is 24.3 Å². The Bertz CT molecular complexity index is 613. The molecule has 0 amide bonds. The lowest BCUT2D eigenvalue weighted by Gasteiger charge is -2.36. The minimum atomic E-state index is -3.21. The summed E-state index contributed by atoms with van der Waals surface area (Å²) < 4.78 is 28.8. The minimum absolute atomic E-state index is 0.652. The van der Waals surface area contributed by atoms with Crippen molar-refractivity contribution in [3.63, 3.8) is 0 Å². The summed E-state index contributed by atoms with van der Waals surface area (Å²) in [7, 11) is -3.21. The summed E-state index contributed by atoms with van der Waals surface area (Å²) in [6, 6.07) is 8.77. The summed E-state index contributed by atoms with van der Waals surface area (Å²) in [5.41, 5.74) is 2.69. The monoisotopic (exact) mass is 350 g/mol. The first-order valence-electron chi connectivity index (χ1n) is 9.36. The average molecular weight is 351 g/mol. The van der Waals surface area contributed by atoms with Gasteiger partial charge in [0.15, 0.2) is 0 Å². The van der Waals surface area contributed by atoms with Crippen molar-refractivity contribution in [2.75, 3.05) is 26.2 Å². The molecule has 2 fully saturated rings. The van der Waals surface area contributed by atoms with Gasteiger partial charge in [-0.2, -0.15) is 17.0 Å². The Morgan fingerprint density at radius 2 is 1.50 bits per heavy atom. The molecule has 0 unspecified atom stereocenters. The predicted octanol–water partition coefficient (Wildman–Crippen LogP) is 3.37. The molecule has 2 aliphatic rings. The van der Waals surface area contributed by atoms with E-state index in [0.29, 0.717) is 32.1 Å². The van der Waals surface area contributed by atoms with Crippen molar-refractivity contribution in [3.05, 3.63) is 35.4 Å². The molecule has 2 saturated heterocycles. The summed E-state index contributed by atoms with van der Waals surface area (Å²) in [5, 5.41) is 0. The Morgan fingerprint density at radius 3 is 2.12 bits per heavy atom. The highest BCUT2D eigenvalue weighted by Crippen LogP contribution is 2.26. The van der Waals surface area contributed by atoms with E-state index in [4.69, 9.17) is 0 Å². The van der Waals surface area contributed by atoms with Gasteiger partial charge in [0.1, 0.15) is 0 Å². The van der Waals surface area contributed by atoms with Crippen molar-refractivity contribution in [2.45, 2.75) is 51.9 Å². The molecule has 0 N–H and O–H groups in total. The van der Waals surface area contributed by atoms with Crippen LogP contribution in [0, 0.1) is 12.8 Å². The molecular formula is C19H30N2O2S. The van der Waals surface area contributed by atoms with Crippen molar-refractivity contribution in [2.24, 2.45) is 5.92 Å². The van der Waals surface area contributed by atoms with Gasteiger partial charge < -0.3 is 0 Å². The Morgan fingerprint density at radius 1 is 0.917 bits per heavy atom. The van der Waals surface area contributed by atoms with Gasteiger partial charge in [-0.05, 0) is 56.9 Å². The molecular weight excluding hydrogens is 320 g/mol. The van der Waals surface area contributed by atoms with Crippen molar-refractivity contribution >= 4 is 10.2 Å². The molecule has 3 rings (SSSR count). The van der Waals surface area contributed by atoms with Crippen LogP contribution in [0.1, 0.15) is 49.7 Å². The molecule has 4 nitrogen and oxygen atoms in total. The molecule has 0 aliphatic carbocycles. The van der Waals surface area contributed by atoms with Gasteiger partial charge in [0, 0.05) is 26.2 Å². The van der Waals surface area contributed by atoms with Crippen LogP contribution in [0.5, 0.6) is 0 Å². The Labute approximate surface area is 147 Å². The van der Waals surface area contributed by atoms with Crippen molar-refractivity contribution in [3.8, 4) is 0 Å². The number of piperidine rings is 2. The number of hydrogen-bond donors (Lipinski definition) is 0. The zero-order valence-corrected chi connectivity index (χ0v) is 15.6. The molecule has 24 heavy (non-hydrogen) atoms. The van der Waals surface area contributed by atoms with Gasteiger partial charge in [-0.1, -0.05) is 36.2 Å². The smallest absolute Gasteiger partial charge is 0.195 e. The summed E-state index contributed by atoms with van der Waals surface area (Å²) in [4.78, 5) is 0. The zero-order valence-electron chi connectivity index (χ0n) is 14.8. The molecule has 0 bridgehead atoms. The normalized spacial score (nSPS) is 21.9. The maximum absolute atomic E-state index is 12.7. The first-order valence-corrected chi connectivity index (χ1v) is 10.8. The quantitative estimate of drug-likeness (QED) is 0.817. The molecule has 0 spiro atoms. The fraction of sp³-hybridized carbons (Fsp3) is 0.684. The van der Waals surface area contributed by atoms with Gasteiger partial charge in [0.2, 0.25) is 0 Å². The van der Waals surface area contributed by atoms with E-state index >= 15 is 0 Å². The highest BCUT2D eigenvalue weighted by Gasteiger charge is 2.33. The lowest BCUT2D eigenvalue weighted by atomic mass is 9.91. The third-order valence-corrected chi connectivity index (χ3v) is 7.54. The molecule has 0 atom stereocenters.